The maximum absolute atomic E-state index is 11.5. The second kappa shape index (κ2) is 7.96. The van der Waals surface area contributed by atoms with E-state index >= 15 is 0 Å². The molecule has 1 aromatic rings. The van der Waals surface area contributed by atoms with Crippen molar-refractivity contribution in [3.05, 3.63) is 46.0 Å². The molecule has 0 heterocycles. The monoisotopic (exact) mass is 277 g/mol. The van der Waals surface area contributed by atoms with Crippen molar-refractivity contribution in [3.8, 4) is 0 Å². The first-order valence-corrected chi connectivity index (χ1v) is 6.11. The second-order valence-corrected chi connectivity index (χ2v) is 4.20. The highest BCUT2D eigenvalue weighted by atomic mass is 16.6. The standard InChI is InChI=1S/C14H15NO5/c16-10-14(18)3-1-2-13(17)9-6-11-4-7-12(8-5-11)15(19)20/h4-9,16H,1-3,10H2/b9-6+. The number of benzene rings is 1. The van der Waals surface area contributed by atoms with Gasteiger partial charge in [-0.3, -0.25) is 19.7 Å². The minimum Gasteiger partial charge on any atom is -0.389 e. The van der Waals surface area contributed by atoms with Crippen LogP contribution in [0.15, 0.2) is 30.3 Å². The van der Waals surface area contributed by atoms with Crippen molar-refractivity contribution in [2.24, 2.45) is 0 Å². The lowest BCUT2D eigenvalue weighted by molar-refractivity contribution is -0.384. The molecule has 106 valence electrons. The molecular weight excluding hydrogens is 262 g/mol. The minimum atomic E-state index is -0.493. The van der Waals surface area contributed by atoms with Crippen LogP contribution >= 0.6 is 0 Å². The molecule has 0 aliphatic carbocycles. The third-order valence-electron chi connectivity index (χ3n) is 2.62. The first-order valence-electron chi connectivity index (χ1n) is 6.11. The third-order valence-corrected chi connectivity index (χ3v) is 2.62. The number of hydrogen-bond acceptors (Lipinski definition) is 5. The highest BCUT2D eigenvalue weighted by Crippen LogP contribution is 2.13. The van der Waals surface area contributed by atoms with Crippen LogP contribution in [-0.2, 0) is 9.59 Å². The van der Waals surface area contributed by atoms with Crippen LogP contribution in [0, 0.1) is 10.1 Å². The van der Waals surface area contributed by atoms with Gasteiger partial charge in [0, 0.05) is 25.0 Å². The van der Waals surface area contributed by atoms with Gasteiger partial charge in [-0.15, -0.1) is 0 Å². The number of Topliss-reactive ketones (excluding diaryl/α,β-unsaturated/α-hetero) is 1. The maximum Gasteiger partial charge on any atom is 0.269 e. The smallest absolute Gasteiger partial charge is 0.269 e. The highest BCUT2D eigenvalue weighted by Gasteiger charge is 2.04. The van der Waals surface area contributed by atoms with Crippen molar-refractivity contribution in [1.82, 2.24) is 0 Å². The minimum absolute atomic E-state index is 0.00371. The van der Waals surface area contributed by atoms with E-state index in [1.807, 2.05) is 0 Å². The zero-order valence-corrected chi connectivity index (χ0v) is 10.8. The summed E-state index contributed by atoms with van der Waals surface area (Å²) in [6.07, 6.45) is 3.77. The van der Waals surface area contributed by atoms with Crippen LogP contribution in [0.5, 0.6) is 0 Å². The van der Waals surface area contributed by atoms with Crippen molar-refractivity contribution < 1.29 is 19.6 Å². The average molecular weight is 277 g/mol. The summed E-state index contributed by atoms with van der Waals surface area (Å²) >= 11 is 0. The van der Waals surface area contributed by atoms with Crippen molar-refractivity contribution >= 4 is 23.3 Å². The van der Waals surface area contributed by atoms with E-state index in [-0.39, 0.29) is 30.1 Å². The third kappa shape index (κ3) is 5.53. The largest absolute Gasteiger partial charge is 0.389 e. The molecule has 6 nitrogen and oxygen atoms in total. The van der Waals surface area contributed by atoms with Crippen molar-refractivity contribution in [2.75, 3.05) is 6.61 Å². The molecule has 0 saturated carbocycles. The molecule has 0 unspecified atom stereocenters. The van der Waals surface area contributed by atoms with Crippen molar-refractivity contribution in [1.29, 1.82) is 0 Å². The Bertz CT molecular complexity index is 519. The van der Waals surface area contributed by atoms with Gasteiger partial charge in [0.15, 0.2) is 11.6 Å². The lowest BCUT2D eigenvalue weighted by Crippen LogP contribution is -2.04. The van der Waals surface area contributed by atoms with E-state index in [1.165, 1.54) is 18.2 Å². The van der Waals surface area contributed by atoms with E-state index < -0.39 is 11.5 Å². The quantitative estimate of drug-likeness (QED) is 0.444. The van der Waals surface area contributed by atoms with E-state index in [1.54, 1.807) is 18.2 Å². The second-order valence-electron chi connectivity index (χ2n) is 4.20. The van der Waals surface area contributed by atoms with E-state index in [0.29, 0.717) is 12.0 Å². The molecule has 0 aliphatic rings. The molecular formula is C14H15NO5. The molecule has 0 spiro atoms. The number of hydrogen-bond donors (Lipinski definition) is 1. The number of ketones is 2. The summed E-state index contributed by atoms with van der Waals surface area (Å²) in [4.78, 5) is 32.3. The van der Waals surface area contributed by atoms with Crippen LogP contribution in [0.25, 0.3) is 6.08 Å². The highest BCUT2D eigenvalue weighted by molar-refractivity contribution is 5.93. The summed E-state index contributed by atoms with van der Waals surface area (Å²) in [6, 6.07) is 5.84. The molecule has 1 N–H and O–H groups in total. The van der Waals surface area contributed by atoms with E-state index in [9.17, 15) is 19.7 Å². The van der Waals surface area contributed by atoms with E-state index in [0.717, 1.165) is 0 Å². The number of carbonyl (C=O) groups excluding carboxylic acids is 2. The summed E-state index contributed by atoms with van der Waals surface area (Å²) in [6.45, 7) is -0.493. The van der Waals surface area contributed by atoms with Gasteiger partial charge < -0.3 is 5.11 Å². The van der Waals surface area contributed by atoms with Gasteiger partial charge in [-0.05, 0) is 30.2 Å². The Labute approximate surface area is 115 Å². The Morgan fingerprint density at radius 3 is 2.40 bits per heavy atom. The zero-order valence-electron chi connectivity index (χ0n) is 10.8. The fraction of sp³-hybridized carbons (Fsp3) is 0.286. The van der Waals surface area contributed by atoms with Gasteiger partial charge >= 0.3 is 0 Å². The predicted octanol–water partition coefficient (Wildman–Crippen LogP) is 1.91. The van der Waals surface area contributed by atoms with Gasteiger partial charge in [-0.1, -0.05) is 6.08 Å². The molecule has 0 aromatic heterocycles. The summed E-state index contributed by atoms with van der Waals surface area (Å²) in [5, 5.41) is 19.0. The van der Waals surface area contributed by atoms with Gasteiger partial charge in [0.25, 0.3) is 5.69 Å². The number of aliphatic hydroxyl groups excluding tert-OH is 1. The van der Waals surface area contributed by atoms with Gasteiger partial charge in [0.2, 0.25) is 0 Å². The molecule has 1 rings (SSSR count). The Balaban J connectivity index is 2.44. The normalized spacial score (nSPS) is 10.7. The van der Waals surface area contributed by atoms with Gasteiger partial charge in [-0.2, -0.15) is 0 Å². The number of nitro benzene ring substituents is 1. The average Bonchev–Trinajstić information content (AvgIpc) is 2.45. The molecule has 20 heavy (non-hydrogen) atoms. The fourth-order valence-electron chi connectivity index (χ4n) is 1.52. The Hall–Kier alpha value is -2.34. The van der Waals surface area contributed by atoms with Crippen LogP contribution in [0.3, 0.4) is 0 Å². The van der Waals surface area contributed by atoms with Gasteiger partial charge in [0.05, 0.1) is 4.92 Å². The Morgan fingerprint density at radius 2 is 1.85 bits per heavy atom. The number of aliphatic hydroxyl groups is 1. The summed E-state index contributed by atoms with van der Waals surface area (Å²) < 4.78 is 0. The molecule has 0 bridgehead atoms. The fourth-order valence-corrected chi connectivity index (χ4v) is 1.52. The topological polar surface area (TPSA) is 97.5 Å². The molecule has 0 atom stereocenters. The Kier molecular flexibility index (Phi) is 6.25. The molecule has 1 aromatic carbocycles. The van der Waals surface area contributed by atoms with E-state index in [2.05, 4.69) is 0 Å². The van der Waals surface area contributed by atoms with Crippen LogP contribution in [-0.4, -0.2) is 28.2 Å². The first kappa shape index (κ1) is 15.7. The van der Waals surface area contributed by atoms with Gasteiger partial charge in [-0.25, -0.2) is 0 Å². The van der Waals surface area contributed by atoms with E-state index in [4.69, 9.17) is 5.11 Å². The number of nitrogens with zero attached hydrogens (tertiary/aromatic N) is 1. The molecule has 0 fully saturated rings. The summed E-state index contributed by atoms with van der Waals surface area (Å²) in [5.41, 5.74) is 0.686. The zero-order chi connectivity index (χ0) is 15.0. The lowest BCUT2D eigenvalue weighted by Gasteiger charge is -1.96. The number of non-ortho nitro benzene ring substituents is 1. The molecule has 0 radical (unpaired) electrons. The molecule has 0 saturated heterocycles. The molecule has 0 aliphatic heterocycles. The number of rotatable bonds is 8. The van der Waals surface area contributed by atoms with Crippen LogP contribution in [0.4, 0.5) is 5.69 Å². The maximum atomic E-state index is 11.5. The predicted molar refractivity (Wildman–Crippen MR) is 73.1 cm³/mol. The van der Waals surface area contributed by atoms with Crippen LogP contribution in [0.1, 0.15) is 24.8 Å². The summed E-state index contributed by atoms with van der Waals surface area (Å²) in [5.74, 6) is -0.411. The van der Waals surface area contributed by atoms with Crippen molar-refractivity contribution in [3.63, 3.8) is 0 Å². The SMILES string of the molecule is O=C(/C=C/c1ccc([N+](=O)[O-])cc1)CCCC(=O)CO. The Morgan fingerprint density at radius 1 is 1.20 bits per heavy atom. The van der Waals surface area contributed by atoms with Crippen LogP contribution < -0.4 is 0 Å². The molecule has 0 amide bonds. The van der Waals surface area contributed by atoms with Crippen LogP contribution in [0.2, 0.25) is 0 Å². The molecule has 6 heteroatoms. The number of nitro groups is 1. The lowest BCUT2D eigenvalue weighted by atomic mass is 10.1. The summed E-state index contributed by atoms with van der Waals surface area (Å²) in [7, 11) is 0. The van der Waals surface area contributed by atoms with Gasteiger partial charge in [0.1, 0.15) is 6.61 Å². The number of carbonyl (C=O) groups is 2. The number of allylic oxidation sites excluding steroid dienone is 1. The first-order chi connectivity index (χ1) is 9.52. The van der Waals surface area contributed by atoms with Crippen molar-refractivity contribution in [2.45, 2.75) is 19.3 Å².